The first-order valence-electron chi connectivity index (χ1n) is 6.39. The van der Waals surface area contributed by atoms with E-state index in [-0.39, 0.29) is 0 Å². The lowest BCUT2D eigenvalue weighted by atomic mass is 10.0. The van der Waals surface area contributed by atoms with Crippen LogP contribution in [0.15, 0.2) is 12.1 Å². The fourth-order valence-electron chi connectivity index (χ4n) is 1.88. The molecule has 0 aromatic carbocycles. The molecule has 100 valence electrons. The van der Waals surface area contributed by atoms with Gasteiger partial charge in [0.05, 0.1) is 18.9 Å². The monoisotopic (exact) mass is 252 g/mol. The second-order valence-electron chi connectivity index (χ2n) is 4.34. The van der Waals surface area contributed by atoms with E-state index in [1.54, 1.807) is 12.1 Å². The van der Waals surface area contributed by atoms with Crippen LogP contribution in [0.1, 0.15) is 19.8 Å². The van der Waals surface area contributed by atoms with Gasteiger partial charge in [0.25, 0.3) is 0 Å². The van der Waals surface area contributed by atoms with Crippen molar-refractivity contribution in [1.82, 2.24) is 4.98 Å². The van der Waals surface area contributed by atoms with Crippen LogP contribution in [0.4, 0.5) is 5.69 Å². The summed E-state index contributed by atoms with van der Waals surface area (Å²) >= 11 is 0. The quantitative estimate of drug-likeness (QED) is 0.866. The lowest BCUT2D eigenvalue weighted by Crippen LogP contribution is -2.21. The molecule has 2 rings (SSSR count). The van der Waals surface area contributed by atoms with Gasteiger partial charge < -0.3 is 19.9 Å². The van der Waals surface area contributed by atoms with Gasteiger partial charge in [-0.15, -0.1) is 0 Å². The minimum absolute atomic E-state index is 0.446. The Balaban J connectivity index is 1.90. The molecule has 18 heavy (non-hydrogen) atoms. The Morgan fingerprint density at radius 2 is 2.11 bits per heavy atom. The fraction of sp³-hybridized carbons (Fsp3) is 0.615. The topological polar surface area (TPSA) is 66.6 Å². The molecule has 0 spiro atoms. The number of nitrogens with two attached hydrogens (primary N) is 1. The summed E-state index contributed by atoms with van der Waals surface area (Å²) in [7, 11) is 0. The van der Waals surface area contributed by atoms with E-state index in [4.69, 9.17) is 19.9 Å². The summed E-state index contributed by atoms with van der Waals surface area (Å²) in [6.07, 6.45) is 2.10. The molecule has 0 saturated carbocycles. The van der Waals surface area contributed by atoms with Gasteiger partial charge >= 0.3 is 0 Å². The zero-order valence-corrected chi connectivity index (χ0v) is 10.7. The molecule has 1 saturated heterocycles. The van der Waals surface area contributed by atoms with Crippen molar-refractivity contribution in [2.75, 3.05) is 32.2 Å². The summed E-state index contributed by atoms with van der Waals surface area (Å²) in [6.45, 7) is 4.77. The number of anilines is 1. The molecule has 0 atom stereocenters. The first-order valence-corrected chi connectivity index (χ1v) is 6.39. The summed E-state index contributed by atoms with van der Waals surface area (Å²) < 4.78 is 16.3. The molecular formula is C13H20N2O3. The molecule has 1 fully saturated rings. The molecule has 1 aromatic rings. The molecule has 5 nitrogen and oxygen atoms in total. The summed E-state index contributed by atoms with van der Waals surface area (Å²) in [6, 6.07) is 3.54. The van der Waals surface area contributed by atoms with Crippen LogP contribution in [0.5, 0.6) is 11.8 Å². The van der Waals surface area contributed by atoms with Crippen LogP contribution in [0, 0.1) is 5.92 Å². The Labute approximate surface area is 107 Å². The average molecular weight is 252 g/mol. The Hall–Kier alpha value is -1.49. The fourth-order valence-corrected chi connectivity index (χ4v) is 1.88. The maximum absolute atomic E-state index is 5.75. The second-order valence-corrected chi connectivity index (χ2v) is 4.34. The predicted octanol–water partition coefficient (Wildman–Crippen LogP) is 1.87. The van der Waals surface area contributed by atoms with Gasteiger partial charge in [0.15, 0.2) is 0 Å². The summed E-state index contributed by atoms with van der Waals surface area (Å²) in [5.41, 5.74) is 6.29. The van der Waals surface area contributed by atoms with E-state index in [1.165, 1.54) is 0 Å². The number of nitrogens with zero attached hydrogens (tertiary/aromatic N) is 1. The first-order chi connectivity index (χ1) is 8.79. The van der Waals surface area contributed by atoms with E-state index in [1.807, 2.05) is 6.92 Å². The Bertz CT molecular complexity index is 378. The number of pyridine rings is 1. The third kappa shape index (κ3) is 3.50. The van der Waals surface area contributed by atoms with Crippen molar-refractivity contribution in [3.8, 4) is 11.8 Å². The van der Waals surface area contributed by atoms with E-state index in [0.717, 1.165) is 26.1 Å². The zero-order valence-electron chi connectivity index (χ0n) is 10.7. The Kier molecular flexibility index (Phi) is 4.64. The van der Waals surface area contributed by atoms with Gasteiger partial charge in [-0.05, 0) is 31.7 Å². The molecule has 1 aliphatic heterocycles. The largest absolute Gasteiger partial charge is 0.477 e. The van der Waals surface area contributed by atoms with E-state index in [2.05, 4.69) is 4.98 Å². The minimum Gasteiger partial charge on any atom is -0.477 e. The third-order valence-corrected chi connectivity index (χ3v) is 2.95. The van der Waals surface area contributed by atoms with Crippen molar-refractivity contribution in [2.24, 2.45) is 5.92 Å². The van der Waals surface area contributed by atoms with E-state index < -0.39 is 0 Å². The highest BCUT2D eigenvalue weighted by Crippen LogP contribution is 2.23. The zero-order chi connectivity index (χ0) is 12.8. The van der Waals surface area contributed by atoms with Gasteiger partial charge in [-0.1, -0.05) is 0 Å². The van der Waals surface area contributed by atoms with Crippen LogP contribution in [-0.2, 0) is 4.74 Å². The smallest absolute Gasteiger partial charge is 0.240 e. The van der Waals surface area contributed by atoms with E-state index >= 15 is 0 Å². The first kappa shape index (κ1) is 13.0. The SMILES string of the molecule is CCOc1nc(OCC2CCOCC2)ccc1N. The van der Waals surface area contributed by atoms with Gasteiger partial charge in [-0.3, -0.25) is 0 Å². The van der Waals surface area contributed by atoms with Crippen LogP contribution in [-0.4, -0.2) is 31.4 Å². The number of hydrogen-bond acceptors (Lipinski definition) is 5. The maximum Gasteiger partial charge on any atom is 0.240 e. The van der Waals surface area contributed by atoms with Crippen molar-refractivity contribution in [3.63, 3.8) is 0 Å². The van der Waals surface area contributed by atoms with Gasteiger partial charge in [0.1, 0.15) is 0 Å². The highest BCUT2D eigenvalue weighted by atomic mass is 16.5. The van der Waals surface area contributed by atoms with Crippen molar-refractivity contribution in [3.05, 3.63) is 12.1 Å². The van der Waals surface area contributed by atoms with E-state index in [0.29, 0.717) is 36.6 Å². The molecule has 5 heteroatoms. The van der Waals surface area contributed by atoms with Crippen LogP contribution < -0.4 is 15.2 Å². The van der Waals surface area contributed by atoms with Crippen molar-refractivity contribution in [1.29, 1.82) is 0 Å². The van der Waals surface area contributed by atoms with Crippen LogP contribution in [0.2, 0.25) is 0 Å². The second kappa shape index (κ2) is 6.44. The Morgan fingerprint density at radius 3 is 2.83 bits per heavy atom. The molecule has 1 aliphatic rings. The van der Waals surface area contributed by atoms with Gasteiger partial charge in [0, 0.05) is 19.3 Å². The number of aromatic nitrogens is 1. The molecule has 0 amide bonds. The molecule has 0 aliphatic carbocycles. The Morgan fingerprint density at radius 1 is 1.33 bits per heavy atom. The molecule has 1 aromatic heterocycles. The van der Waals surface area contributed by atoms with Crippen LogP contribution in [0.3, 0.4) is 0 Å². The molecule has 0 radical (unpaired) electrons. The maximum atomic E-state index is 5.75. The summed E-state index contributed by atoms with van der Waals surface area (Å²) in [4.78, 5) is 4.25. The van der Waals surface area contributed by atoms with E-state index in [9.17, 15) is 0 Å². The van der Waals surface area contributed by atoms with Crippen LogP contribution >= 0.6 is 0 Å². The third-order valence-electron chi connectivity index (χ3n) is 2.95. The van der Waals surface area contributed by atoms with Gasteiger partial charge in [0.2, 0.25) is 11.8 Å². The van der Waals surface area contributed by atoms with Crippen molar-refractivity contribution >= 4 is 5.69 Å². The summed E-state index contributed by atoms with van der Waals surface area (Å²) in [5.74, 6) is 1.56. The standard InChI is InChI=1S/C13H20N2O3/c1-2-17-13-11(14)3-4-12(15-13)18-9-10-5-7-16-8-6-10/h3-4,10H,2,5-9,14H2,1H3. The molecule has 0 unspecified atom stereocenters. The highest BCUT2D eigenvalue weighted by molar-refractivity contribution is 5.49. The summed E-state index contributed by atoms with van der Waals surface area (Å²) in [5, 5.41) is 0. The van der Waals surface area contributed by atoms with Crippen molar-refractivity contribution < 1.29 is 14.2 Å². The molecule has 2 N–H and O–H groups in total. The number of nitrogen functional groups attached to an aromatic ring is 1. The van der Waals surface area contributed by atoms with Crippen LogP contribution in [0.25, 0.3) is 0 Å². The normalized spacial score (nSPS) is 16.5. The number of ether oxygens (including phenoxy) is 3. The van der Waals surface area contributed by atoms with Gasteiger partial charge in [-0.2, -0.15) is 4.98 Å². The minimum atomic E-state index is 0.446. The highest BCUT2D eigenvalue weighted by Gasteiger charge is 2.15. The molecule has 2 heterocycles. The number of rotatable bonds is 5. The molecular weight excluding hydrogens is 232 g/mol. The average Bonchev–Trinajstić information content (AvgIpc) is 2.41. The lowest BCUT2D eigenvalue weighted by Gasteiger charge is -2.21. The number of hydrogen-bond donors (Lipinski definition) is 1. The lowest BCUT2D eigenvalue weighted by molar-refractivity contribution is 0.0489. The predicted molar refractivity (Wildman–Crippen MR) is 68.9 cm³/mol. The van der Waals surface area contributed by atoms with Crippen molar-refractivity contribution in [2.45, 2.75) is 19.8 Å². The van der Waals surface area contributed by atoms with Gasteiger partial charge in [-0.25, -0.2) is 0 Å². The molecule has 0 bridgehead atoms.